The molecule has 3 aliphatic rings. The Morgan fingerprint density at radius 3 is 2.20 bits per heavy atom. The van der Waals surface area contributed by atoms with Gasteiger partial charge in [-0.2, -0.15) is 0 Å². The first-order chi connectivity index (χ1) is 16.5. The van der Waals surface area contributed by atoms with Gasteiger partial charge in [0.05, 0.1) is 12.1 Å². The number of hydrogen-bond acceptors (Lipinski definition) is 7. The monoisotopic (exact) mass is 493 g/mol. The number of carbonyl (C=O) groups excluding carboxylic acids is 3. The van der Waals surface area contributed by atoms with Crippen molar-refractivity contribution < 1.29 is 24.3 Å². The number of nitrogens with two attached hydrogens (primary N) is 2. The zero-order valence-corrected chi connectivity index (χ0v) is 21.4. The van der Waals surface area contributed by atoms with E-state index >= 15 is 0 Å². The summed E-state index contributed by atoms with van der Waals surface area (Å²) in [5, 5.41) is 14.9. The number of carbonyl (C=O) groups is 3. The molecule has 1 aliphatic heterocycles. The third-order valence-electron chi connectivity index (χ3n) is 7.82. The highest BCUT2D eigenvalue weighted by atomic mass is 16.6. The lowest BCUT2D eigenvalue weighted by atomic mass is 9.76. The van der Waals surface area contributed by atoms with E-state index in [0.717, 1.165) is 57.8 Å². The first-order valence-electron chi connectivity index (χ1n) is 13.1. The fourth-order valence-corrected chi connectivity index (χ4v) is 5.92. The van der Waals surface area contributed by atoms with Gasteiger partial charge in [0.15, 0.2) is 5.78 Å². The molecule has 1 saturated heterocycles. The third-order valence-corrected chi connectivity index (χ3v) is 7.82. The second-order valence-electron chi connectivity index (χ2n) is 11.4. The number of Topliss-reactive ketones (excluding diaryl/α,β-unsaturated/α-hetero) is 1. The molecule has 198 valence electrons. The second-order valence-corrected chi connectivity index (χ2v) is 11.4. The van der Waals surface area contributed by atoms with E-state index in [1.165, 1.54) is 0 Å². The van der Waals surface area contributed by atoms with Gasteiger partial charge < -0.3 is 31.6 Å². The van der Waals surface area contributed by atoms with Gasteiger partial charge in [-0.25, -0.2) is 4.79 Å². The fourth-order valence-electron chi connectivity index (χ4n) is 5.92. The predicted octanol–water partition coefficient (Wildman–Crippen LogP) is 2.51. The zero-order chi connectivity index (χ0) is 25.8. The van der Waals surface area contributed by atoms with E-state index in [0.29, 0.717) is 13.0 Å². The van der Waals surface area contributed by atoms with Gasteiger partial charge >= 0.3 is 6.09 Å². The molecular formula is C25H43N5O5. The van der Waals surface area contributed by atoms with Crippen LogP contribution in [-0.2, 0) is 14.3 Å². The zero-order valence-electron chi connectivity index (χ0n) is 21.4. The van der Waals surface area contributed by atoms with Crippen LogP contribution in [0.2, 0.25) is 0 Å². The van der Waals surface area contributed by atoms with Crippen molar-refractivity contribution >= 4 is 23.6 Å². The molecule has 1 unspecified atom stereocenters. The first kappa shape index (κ1) is 27.2. The molecule has 6 N–H and O–H groups in total. The summed E-state index contributed by atoms with van der Waals surface area (Å²) in [5.74, 6) is -0.0326. The van der Waals surface area contributed by atoms with E-state index < -0.39 is 29.8 Å². The Balaban J connectivity index is 1.67. The highest BCUT2D eigenvalue weighted by Crippen LogP contribution is 2.34. The number of ketones is 1. The van der Waals surface area contributed by atoms with Gasteiger partial charge in [0, 0.05) is 12.5 Å². The molecule has 2 aliphatic carbocycles. The quantitative estimate of drug-likeness (QED) is 0.183. The van der Waals surface area contributed by atoms with Crippen molar-refractivity contribution in [1.29, 1.82) is 0 Å². The summed E-state index contributed by atoms with van der Waals surface area (Å²) in [5.41, 5.74) is 11.5. The minimum absolute atomic E-state index is 0.00770. The number of nitrogens with one attached hydrogen (secondary N) is 1. The van der Waals surface area contributed by atoms with Crippen LogP contribution in [0.25, 0.3) is 0 Å². The summed E-state index contributed by atoms with van der Waals surface area (Å²) in [4.78, 5) is 41.4. The van der Waals surface area contributed by atoms with E-state index in [9.17, 15) is 14.4 Å². The maximum absolute atomic E-state index is 13.7. The molecule has 0 aromatic rings. The molecule has 0 spiro atoms. The maximum atomic E-state index is 13.7. The summed E-state index contributed by atoms with van der Waals surface area (Å²) in [6.07, 6.45) is 7.36. The van der Waals surface area contributed by atoms with Gasteiger partial charge in [0.2, 0.25) is 5.91 Å². The van der Waals surface area contributed by atoms with Crippen molar-refractivity contribution in [1.82, 2.24) is 10.2 Å². The van der Waals surface area contributed by atoms with Crippen LogP contribution in [0.5, 0.6) is 0 Å². The Morgan fingerprint density at radius 2 is 1.63 bits per heavy atom. The molecule has 2 amide bonds. The highest BCUT2D eigenvalue weighted by molar-refractivity contribution is 5.95. The van der Waals surface area contributed by atoms with Crippen molar-refractivity contribution in [3.63, 3.8) is 0 Å². The Kier molecular flexibility index (Phi) is 9.01. The summed E-state index contributed by atoms with van der Waals surface area (Å²) in [6, 6.07) is -1.93. The van der Waals surface area contributed by atoms with Crippen molar-refractivity contribution in [2.75, 3.05) is 6.54 Å². The number of nitrogens with zero attached hydrogens (tertiary/aromatic N) is 2. The van der Waals surface area contributed by atoms with Crippen molar-refractivity contribution in [3.8, 4) is 0 Å². The highest BCUT2D eigenvalue weighted by Gasteiger charge is 2.44. The van der Waals surface area contributed by atoms with E-state index in [4.69, 9.17) is 21.4 Å². The molecule has 0 bridgehead atoms. The SMILES string of the molecule is CC(C)(C)OC(=O)N[C@@H](C(=O)N1CCC[C@H]1C(=O)C(N)C1CCC(/C(N)=N\O)CC1)C1CCCC1. The van der Waals surface area contributed by atoms with E-state index in [2.05, 4.69) is 10.5 Å². The van der Waals surface area contributed by atoms with Crippen LogP contribution < -0.4 is 16.8 Å². The standard InChI is InChI=1S/C25H43N5O5/c1-25(2,3)35-24(33)28-20(16-7-4-5-8-16)23(32)30-14-6-9-18(30)21(31)19(26)15-10-12-17(13-11-15)22(27)29-34/h15-20,34H,4-14,26H2,1-3H3,(H2,27,29)(H,28,33)/t15?,17?,18-,19?,20+/m0/s1. The maximum Gasteiger partial charge on any atom is 0.408 e. The number of amidine groups is 1. The summed E-state index contributed by atoms with van der Waals surface area (Å²) in [7, 11) is 0. The number of ether oxygens (including phenoxy) is 1. The average Bonchev–Trinajstić information content (AvgIpc) is 3.52. The van der Waals surface area contributed by atoms with Crippen molar-refractivity contribution in [2.24, 2.45) is 34.4 Å². The largest absolute Gasteiger partial charge is 0.444 e. The van der Waals surface area contributed by atoms with Gasteiger partial charge in [0.1, 0.15) is 17.5 Å². The minimum Gasteiger partial charge on any atom is -0.444 e. The molecule has 10 heteroatoms. The molecule has 3 fully saturated rings. The number of hydrogen-bond donors (Lipinski definition) is 4. The summed E-state index contributed by atoms with van der Waals surface area (Å²) < 4.78 is 5.43. The Labute approximate surface area is 208 Å². The number of likely N-dealkylation sites (tertiary alicyclic amines) is 1. The average molecular weight is 494 g/mol. The minimum atomic E-state index is -0.701. The van der Waals surface area contributed by atoms with Gasteiger partial charge in [-0.1, -0.05) is 18.0 Å². The van der Waals surface area contributed by atoms with E-state index in [-0.39, 0.29) is 35.3 Å². The Morgan fingerprint density at radius 1 is 1.00 bits per heavy atom. The van der Waals surface area contributed by atoms with E-state index in [1.54, 1.807) is 25.7 Å². The van der Waals surface area contributed by atoms with Crippen molar-refractivity contribution in [3.05, 3.63) is 0 Å². The topological polar surface area (TPSA) is 160 Å². The molecule has 0 aromatic heterocycles. The lowest BCUT2D eigenvalue weighted by Gasteiger charge is -2.35. The molecule has 35 heavy (non-hydrogen) atoms. The van der Waals surface area contributed by atoms with Crippen LogP contribution in [0.3, 0.4) is 0 Å². The van der Waals surface area contributed by atoms with Gasteiger partial charge in [-0.15, -0.1) is 0 Å². The molecule has 2 saturated carbocycles. The normalized spacial score (nSPS) is 27.9. The summed E-state index contributed by atoms with van der Waals surface area (Å²) >= 11 is 0. The van der Waals surface area contributed by atoms with Crippen LogP contribution in [0, 0.1) is 17.8 Å². The van der Waals surface area contributed by atoms with Crippen LogP contribution in [-0.4, -0.2) is 64.0 Å². The van der Waals surface area contributed by atoms with Crippen LogP contribution >= 0.6 is 0 Å². The molecule has 10 nitrogen and oxygen atoms in total. The number of rotatable bonds is 7. The Hall–Kier alpha value is -2.36. The molecule has 0 aromatic carbocycles. The molecule has 3 atom stereocenters. The molecule has 1 heterocycles. The molecular weight excluding hydrogens is 450 g/mol. The number of oxime groups is 1. The van der Waals surface area contributed by atoms with Crippen LogP contribution in [0.1, 0.15) is 85.0 Å². The van der Waals surface area contributed by atoms with Gasteiger partial charge in [-0.05, 0) is 84.0 Å². The Bertz CT molecular complexity index is 797. The smallest absolute Gasteiger partial charge is 0.408 e. The van der Waals surface area contributed by atoms with Gasteiger partial charge in [-0.3, -0.25) is 9.59 Å². The lowest BCUT2D eigenvalue weighted by molar-refractivity contribution is -0.141. The van der Waals surface area contributed by atoms with Crippen LogP contribution in [0.4, 0.5) is 4.79 Å². The lowest BCUT2D eigenvalue weighted by Crippen LogP contribution is -2.57. The molecule has 3 rings (SSSR count). The van der Waals surface area contributed by atoms with Gasteiger partial charge in [0.25, 0.3) is 0 Å². The van der Waals surface area contributed by atoms with Crippen molar-refractivity contribution in [2.45, 2.75) is 109 Å². The first-order valence-corrected chi connectivity index (χ1v) is 13.1. The summed E-state index contributed by atoms with van der Waals surface area (Å²) in [6.45, 7) is 5.84. The third kappa shape index (κ3) is 6.86. The van der Waals surface area contributed by atoms with E-state index in [1.807, 2.05) is 0 Å². The predicted molar refractivity (Wildman–Crippen MR) is 132 cm³/mol. The molecule has 0 radical (unpaired) electrons. The fraction of sp³-hybridized carbons (Fsp3) is 0.840. The second kappa shape index (κ2) is 11.6. The number of amides is 2. The number of alkyl carbamates (subject to hydrolysis) is 1. The van der Waals surface area contributed by atoms with Crippen LogP contribution in [0.15, 0.2) is 5.16 Å².